The second-order valence-electron chi connectivity index (χ2n) is 8.01. The van der Waals surface area contributed by atoms with Crippen LogP contribution >= 0.6 is 15.9 Å². The molecule has 0 heterocycles. The summed E-state index contributed by atoms with van der Waals surface area (Å²) in [5, 5.41) is 2.87. The zero-order valence-corrected chi connectivity index (χ0v) is 21.9. The molecular formula is C24H32BrN3O4S. The topological polar surface area (TPSA) is 86.8 Å². The fraction of sp³-hybridized carbons (Fsp3) is 0.417. The first-order valence-electron chi connectivity index (χ1n) is 10.9. The first-order valence-corrected chi connectivity index (χ1v) is 13.5. The number of anilines is 1. The molecule has 9 heteroatoms. The lowest BCUT2D eigenvalue weighted by Gasteiger charge is -2.32. The van der Waals surface area contributed by atoms with Crippen LogP contribution in [0.15, 0.2) is 53.0 Å². The minimum Gasteiger partial charge on any atom is -0.354 e. The van der Waals surface area contributed by atoms with E-state index in [1.165, 1.54) is 4.90 Å². The molecule has 0 aliphatic heterocycles. The molecule has 0 saturated carbocycles. The molecule has 0 aromatic heterocycles. The Morgan fingerprint density at radius 2 is 1.73 bits per heavy atom. The van der Waals surface area contributed by atoms with Gasteiger partial charge in [-0.25, -0.2) is 8.42 Å². The van der Waals surface area contributed by atoms with Crippen molar-refractivity contribution in [3.05, 3.63) is 64.1 Å². The first-order chi connectivity index (χ1) is 15.5. The van der Waals surface area contributed by atoms with Crippen LogP contribution in [0, 0.1) is 6.92 Å². The molecule has 2 rings (SSSR count). The summed E-state index contributed by atoms with van der Waals surface area (Å²) in [5.41, 5.74) is 2.26. The molecule has 7 nitrogen and oxygen atoms in total. The van der Waals surface area contributed by atoms with E-state index in [1.54, 1.807) is 31.2 Å². The highest BCUT2D eigenvalue weighted by molar-refractivity contribution is 9.10. The molecule has 0 unspecified atom stereocenters. The van der Waals surface area contributed by atoms with Crippen molar-refractivity contribution in [3.63, 3.8) is 0 Å². The van der Waals surface area contributed by atoms with Crippen LogP contribution in [-0.4, -0.2) is 50.5 Å². The number of hydrogen-bond donors (Lipinski definition) is 1. The Hall–Kier alpha value is -2.39. The van der Waals surface area contributed by atoms with Crippen molar-refractivity contribution in [2.75, 3.05) is 23.7 Å². The Bertz CT molecular complexity index is 1060. The summed E-state index contributed by atoms with van der Waals surface area (Å²) in [6.07, 6.45) is 2.85. The highest BCUT2D eigenvalue weighted by Gasteiger charge is 2.30. The SMILES string of the molecule is CCCCNC(=O)[C@H](C)N(Cc1ccccc1C)C(=O)CN(c1ccc(Br)cc1)S(C)(=O)=O. The zero-order valence-electron chi connectivity index (χ0n) is 19.5. The number of rotatable bonds is 11. The van der Waals surface area contributed by atoms with Crippen molar-refractivity contribution in [2.24, 2.45) is 0 Å². The highest BCUT2D eigenvalue weighted by Crippen LogP contribution is 2.22. The molecule has 0 fully saturated rings. The van der Waals surface area contributed by atoms with E-state index in [2.05, 4.69) is 21.2 Å². The highest BCUT2D eigenvalue weighted by atomic mass is 79.9. The number of carbonyl (C=O) groups is 2. The maximum Gasteiger partial charge on any atom is 0.244 e. The Labute approximate surface area is 205 Å². The van der Waals surface area contributed by atoms with Gasteiger partial charge in [0.25, 0.3) is 0 Å². The van der Waals surface area contributed by atoms with E-state index in [0.717, 1.165) is 39.0 Å². The van der Waals surface area contributed by atoms with Crippen molar-refractivity contribution < 1.29 is 18.0 Å². The van der Waals surface area contributed by atoms with E-state index in [1.807, 2.05) is 38.1 Å². The van der Waals surface area contributed by atoms with Crippen molar-refractivity contribution >= 4 is 43.5 Å². The fourth-order valence-electron chi connectivity index (χ4n) is 3.31. The lowest BCUT2D eigenvalue weighted by molar-refractivity contribution is -0.139. The minimum absolute atomic E-state index is 0.200. The van der Waals surface area contributed by atoms with Gasteiger partial charge in [-0.2, -0.15) is 0 Å². The van der Waals surface area contributed by atoms with Crippen LogP contribution in [0.4, 0.5) is 5.69 Å². The molecule has 0 radical (unpaired) electrons. The Balaban J connectivity index is 2.35. The lowest BCUT2D eigenvalue weighted by Crippen LogP contribution is -2.51. The molecule has 2 aromatic carbocycles. The first kappa shape index (κ1) is 26.9. The summed E-state index contributed by atoms with van der Waals surface area (Å²) in [4.78, 5) is 27.7. The standard InChI is InChI=1S/C24H32BrN3O4S/c1-5-6-15-26-24(30)19(3)27(16-20-10-8-7-9-18(20)2)23(29)17-28(33(4,31)32)22-13-11-21(25)12-14-22/h7-14,19H,5-6,15-17H2,1-4H3,(H,26,30)/t19-/m0/s1. The van der Waals surface area contributed by atoms with Gasteiger partial charge in [-0.3, -0.25) is 13.9 Å². The Morgan fingerprint density at radius 3 is 2.30 bits per heavy atom. The van der Waals surface area contributed by atoms with E-state index in [-0.39, 0.29) is 12.5 Å². The normalized spacial score (nSPS) is 12.2. The van der Waals surface area contributed by atoms with Gasteiger partial charge in [0, 0.05) is 17.6 Å². The zero-order chi connectivity index (χ0) is 24.6. The Kier molecular flexibility index (Phi) is 9.91. The second-order valence-corrected chi connectivity index (χ2v) is 10.8. The van der Waals surface area contributed by atoms with Crippen LogP contribution in [0.1, 0.15) is 37.8 Å². The van der Waals surface area contributed by atoms with Crippen LogP contribution in [0.25, 0.3) is 0 Å². The summed E-state index contributed by atoms with van der Waals surface area (Å²) < 4.78 is 26.9. The van der Waals surface area contributed by atoms with Crippen LogP contribution in [0.5, 0.6) is 0 Å². The third-order valence-corrected chi connectivity index (χ3v) is 7.06. The van der Waals surface area contributed by atoms with Crippen molar-refractivity contribution in [2.45, 2.75) is 46.2 Å². The monoisotopic (exact) mass is 537 g/mol. The molecule has 33 heavy (non-hydrogen) atoms. The average molecular weight is 539 g/mol. The van der Waals surface area contributed by atoms with E-state index in [0.29, 0.717) is 12.2 Å². The number of carbonyl (C=O) groups excluding carboxylic acids is 2. The number of amides is 2. The molecule has 2 aromatic rings. The van der Waals surface area contributed by atoms with Gasteiger partial charge in [-0.15, -0.1) is 0 Å². The molecule has 0 spiro atoms. The van der Waals surface area contributed by atoms with Gasteiger partial charge < -0.3 is 10.2 Å². The van der Waals surface area contributed by atoms with Crippen LogP contribution in [0.3, 0.4) is 0 Å². The lowest BCUT2D eigenvalue weighted by atomic mass is 10.1. The van der Waals surface area contributed by atoms with Crippen LogP contribution in [0.2, 0.25) is 0 Å². The summed E-state index contributed by atoms with van der Waals surface area (Å²) in [5.74, 6) is -0.718. The molecule has 0 aliphatic carbocycles. The number of halogens is 1. The summed E-state index contributed by atoms with van der Waals surface area (Å²) in [6, 6.07) is 13.6. The molecule has 180 valence electrons. The van der Waals surface area contributed by atoms with Gasteiger partial charge in [0.05, 0.1) is 11.9 Å². The van der Waals surface area contributed by atoms with Gasteiger partial charge in [0.1, 0.15) is 12.6 Å². The van der Waals surface area contributed by atoms with Gasteiger partial charge in [-0.1, -0.05) is 53.5 Å². The van der Waals surface area contributed by atoms with E-state index >= 15 is 0 Å². The van der Waals surface area contributed by atoms with Gasteiger partial charge in [-0.05, 0) is 55.7 Å². The van der Waals surface area contributed by atoms with E-state index < -0.39 is 28.5 Å². The summed E-state index contributed by atoms with van der Waals surface area (Å²) in [6.45, 7) is 5.97. The van der Waals surface area contributed by atoms with Gasteiger partial charge in [0.15, 0.2) is 0 Å². The predicted octanol–water partition coefficient (Wildman–Crippen LogP) is 3.86. The van der Waals surface area contributed by atoms with Crippen LogP contribution < -0.4 is 9.62 Å². The average Bonchev–Trinajstić information content (AvgIpc) is 2.76. The molecule has 0 aliphatic rings. The number of nitrogens with one attached hydrogen (secondary N) is 1. The van der Waals surface area contributed by atoms with Crippen molar-refractivity contribution in [3.8, 4) is 0 Å². The number of aryl methyl sites for hydroxylation is 1. The van der Waals surface area contributed by atoms with Gasteiger partial charge >= 0.3 is 0 Å². The minimum atomic E-state index is -3.73. The molecule has 0 bridgehead atoms. The number of benzene rings is 2. The second kappa shape index (κ2) is 12.2. The number of nitrogens with zero attached hydrogens (tertiary/aromatic N) is 2. The van der Waals surface area contributed by atoms with Crippen molar-refractivity contribution in [1.82, 2.24) is 10.2 Å². The third kappa shape index (κ3) is 7.85. The predicted molar refractivity (Wildman–Crippen MR) is 135 cm³/mol. The molecule has 1 atom stereocenters. The summed E-state index contributed by atoms with van der Waals surface area (Å²) in [7, 11) is -3.73. The number of sulfonamides is 1. The third-order valence-electron chi connectivity index (χ3n) is 5.39. The van der Waals surface area contributed by atoms with E-state index in [4.69, 9.17) is 0 Å². The maximum absolute atomic E-state index is 13.5. The molecule has 0 saturated heterocycles. The molecule has 1 N–H and O–H groups in total. The maximum atomic E-state index is 13.5. The quantitative estimate of drug-likeness (QED) is 0.441. The smallest absolute Gasteiger partial charge is 0.244 e. The molecular weight excluding hydrogens is 506 g/mol. The van der Waals surface area contributed by atoms with Crippen LogP contribution in [-0.2, 0) is 26.2 Å². The number of hydrogen-bond acceptors (Lipinski definition) is 4. The van der Waals surface area contributed by atoms with E-state index in [9.17, 15) is 18.0 Å². The molecule has 2 amide bonds. The summed E-state index contributed by atoms with van der Waals surface area (Å²) >= 11 is 3.34. The largest absolute Gasteiger partial charge is 0.354 e. The fourth-order valence-corrected chi connectivity index (χ4v) is 4.42. The van der Waals surface area contributed by atoms with Crippen molar-refractivity contribution in [1.29, 1.82) is 0 Å². The van der Waals surface area contributed by atoms with Gasteiger partial charge in [0.2, 0.25) is 21.8 Å². The Morgan fingerprint density at radius 1 is 1.09 bits per heavy atom. The number of unbranched alkanes of at least 4 members (excludes halogenated alkanes) is 1.